The maximum Gasteiger partial charge on any atom is 0.320 e. The van der Waals surface area contributed by atoms with E-state index in [0.717, 1.165) is 5.56 Å². The topological polar surface area (TPSA) is 42.4 Å². The SMILES string of the molecule is CCOC(=O)CN(Cc1ccccc1)Cc1ccncc1. The van der Waals surface area contributed by atoms with Gasteiger partial charge in [-0.25, -0.2) is 0 Å². The van der Waals surface area contributed by atoms with Gasteiger partial charge in [0, 0.05) is 25.5 Å². The van der Waals surface area contributed by atoms with Crippen LogP contribution in [0.1, 0.15) is 18.1 Å². The van der Waals surface area contributed by atoms with Gasteiger partial charge in [-0.3, -0.25) is 14.7 Å². The number of carbonyl (C=O) groups is 1. The van der Waals surface area contributed by atoms with E-state index in [1.807, 2.05) is 37.3 Å². The fourth-order valence-corrected chi connectivity index (χ4v) is 2.14. The second-order valence-electron chi connectivity index (χ2n) is 4.79. The Bertz CT molecular complexity index is 502. The van der Waals surface area contributed by atoms with Gasteiger partial charge in [-0.15, -0.1) is 0 Å². The van der Waals surface area contributed by atoms with E-state index in [4.69, 9.17) is 4.74 Å². The summed E-state index contributed by atoms with van der Waals surface area (Å²) in [4.78, 5) is 17.8. The zero-order valence-corrected chi connectivity index (χ0v) is 12.2. The molecule has 0 aliphatic heterocycles. The number of aromatic nitrogens is 1. The number of nitrogens with zero attached hydrogens (tertiary/aromatic N) is 2. The number of hydrogen-bond donors (Lipinski definition) is 0. The van der Waals surface area contributed by atoms with Crippen molar-refractivity contribution >= 4 is 5.97 Å². The van der Waals surface area contributed by atoms with E-state index in [1.54, 1.807) is 12.4 Å². The fraction of sp³-hybridized carbons (Fsp3) is 0.294. The molecule has 0 spiro atoms. The van der Waals surface area contributed by atoms with Crippen LogP contribution in [-0.4, -0.2) is 29.0 Å². The van der Waals surface area contributed by atoms with E-state index in [1.165, 1.54) is 5.56 Å². The van der Waals surface area contributed by atoms with Crippen LogP contribution >= 0.6 is 0 Å². The highest BCUT2D eigenvalue weighted by Gasteiger charge is 2.12. The van der Waals surface area contributed by atoms with E-state index >= 15 is 0 Å². The minimum Gasteiger partial charge on any atom is -0.465 e. The van der Waals surface area contributed by atoms with Crippen LogP contribution in [0.25, 0.3) is 0 Å². The molecule has 0 aliphatic rings. The summed E-state index contributed by atoms with van der Waals surface area (Å²) in [5, 5.41) is 0. The Morgan fingerprint density at radius 2 is 1.67 bits per heavy atom. The fourth-order valence-electron chi connectivity index (χ4n) is 2.14. The maximum atomic E-state index is 11.8. The van der Waals surface area contributed by atoms with Crippen molar-refractivity contribution in [3.05, 3.63) is 66.0 Å². The minimum atomic E-state index is -0.192. The van der Waals surface area contributed by atoms with Crippen molar-refractivity contribution in [1.29, 1.82) is 0 Å². The van der Waals surface area contributed by atoms with Crippen LogP contribution in [0.5, 0.6) is 0 Å². The molecule has 0 saturated carbocycles. The standard InChI is InChI=1S/C17H20N2O2/c1-2-21-17(20)14-19(12-15-6-4-3-5-7-15)13-16-8-10-18-11-9-16/h3-11H,2,12-14H2,1H3. The Morgan fingerprint density at radius 3 is 2.29 bits per heavy atom. The maximum absolute atomic E-state index is 11.8. The van der Waals surface area contributed by atoms with Crippen LogP contribution in [0.15, 0.2) is 54.9 Å². The molecule has 1 heterocycles. The van der Waals surface area contributed by atoms with Crippen LogP contribution in [0.4, 0.5) is 0 Å². The molecule has 4 nitrogen and oxygen atoms in total. The Morgan fingerprint density at radius 1 is 1.05 bits per heavy atom. The molecule has 0 saturated heterocycles. The smallest absolute Gasteiger partial charge is 0.320 e. The van der Waals surface area contributed by atoms with Gasteiger partial charge in [-0.1, -0.05) is 30.3 Å². The predicted molar refractivity (Wildman–Crippen MR) is 81.4 cm³/mol. The Balaban J connectivity index is 2.04. The van der Waals surface area contributed by atoms with Gasteiger partial charge >= 0.3 is 5.97 Å². The summed E-state index contributed by atoms with van der Waals surface area (Å²) in [6.45, 7) is 3.92. The van der Waals surface area contributed by atoms with Crippen molar-refractivity contribution < 1.29 is 9.53 Å². The Hall–Kier alpha value is -2.20. The van der Waals surface area contributed by atoms with Crippen LogP contribution in [0, 0.1) is 0 Å². The lowest BCUT2D eigenvalue weighted by Gasteiger charge is -2.21. The number of ether oxygens (including phenoxy) is 1. The van der Waals surface area contributed by atoms with Gasteiger partial charge in [0.2, 0.25) is 0 Å². The van der Waals surface area contributed by atoms with Crippen LogP contribution in [-0.2, 0) is 22.6 Å². The van der Waals surface area contributed by atoms with Gasteiger partial charge in [0.1, 0.15) is 0 Å². The molecule has 2 aromatic rings. The van der Waals surface area contributed by atoms with Crippen LogP contribution in [0.2, 0.25) is 0 Å². The van der Waals surface area contributed by atoms with E-state index in [2.05, 4.69) is 22.0 Å². The normalized spacial score (nSPS) is 10.6. The molecular weight excluding hydrogens is 264 g/mol. The lowest BCUT2D eigenvalue weighted by Crippen LogP contribution is -2.30. The monoisotopic (exact) mass is 284 g/mol. The summed E-state index contributed by atoms with van der Waals surface area (Å²) in [5.41, 5.74) is 2.31. The molecule has 0 aliphatic carbocycles. The first-order valence-electron chi connectivity index (χ1n) is 7.08. The molecule has 1 aromatic carbocycles. The average molecular weight is 284 g/mol. The third kappa shape index (κ3) is 5.36. The van der Waals surface area contributed by atoms with Gasteiger partial charge in [-0.2, -0.15) is 0 Å². The zero-order valence-electron chi connectivity index (χ0n) is 12.2. The Kier molecular flexibility index (Phi) is 5.91. The van der Waals surface area contributed by atoms with Gasteiger partial charge in [0.05, 0.1) is 13.2 Å². The first kappa shape index (κ1) is 15.2. The largest absolute Gasteiger partial charge is 0.465 e. The van der Waals surface area contributed by atoms with Gasteiger partial charge in [0.25, 0.3) is 0 Å². The number of carbonyl (C=O) groups excluding carboxylic acids is 1. The van der Waals surface area contributed by atoms with Crippen molar-refractivity contribution in [2.24, 2.45) is 0 Å². The number of esters is 1. The highest BCUT2D eigenvalue weighted by Crippen LogP contribution is 2.09. The van der Waals surface area contributed by atoms with Gasteiger partial charge in [-0.05, 0) is 30.2 Å². The molecule has 0 atom stereocenters. The summed E-state index contributed by atoms with van der Waals surface area (Å²) in [5.74, 6) is -0.192. The summed E-state index contributed by atoms with van der Waals surface area (Å²) >= 11 is 0. The van der Waals surface area contributed by atoms with E-state index in [-0.39, 0.29) is 12.5 Å². The summed E-state index contributed by atoms with van der Waals surface area (Å²) < 4.78 is 5.05. The molecule has 0 amide bonds. The van der Waals surface area contributed by atoms with E-state index in [9.17, 15) is 4.79 Å². The second kappa shape index (κ2) is 8.17. The van der Waals surface area contributed by atoms with Gasteiger partial charge in [0.15, 0.2) is 0 Å². The second-order valence-corrected chi connectivity index (χ2v) is 4.79. The quantitative estimate of drug-likeness (QED) is 0.733. The van der Waals surface area contributed by atoms with Crippen molar-refractivity contribution in [1.82, 2.24) is 9.88 Å². The molecule has 4 heteroatoms. The predicted octanol–water partition coefficient (Wildman–Crippen LogP) is 2.65. The third-order valence-electron chi connectivity index (χ3n) is 3.06. The number of hydrogen-bond acceptors (Lipinski definition) is 4. The summed E-state index contributed by atoms with van der Waals surface area (Å²) in [6.07, 6.45) is 3.53. The highest BCUT2D eigenvalue weighted by atomic mass is 16.5. The van der Waals surface area contributed by atoms with Crippen molar-refractivity contribution in [3.63, 3.8) is 0 Å². The Labute approximate surface area is 125 Å². The number of rotatable bonds is 7. The lowest BCUT2D eigenvalue weighted by molar-refractivity contribution is -0.144. The van der Waals surface area contributed by atoms with Crippen molar-refractivity contribution in [3.8, 4) is 0 Å². The molecule has 110 valence electrons. The zero-order chi connectivity index (χ0) is 14.9. The molecule has 0 bridgehead atoms. The molecule has 0 fully saturated rings. The van der Waals surface area contributed by atoms with Gasteiger partial charge < -0.3 is 4.74 Å². The highest BCUT2D eigenvalue weighted by molar-refractivity contribution is 5.71. The molecular formula is C17H20N2O2. The molecule has 2 rings (SSSR count). The van der Waals surface area contributed by atoms with Crippen LogP contribution < -0.4 is 0 Å². The minimum absolute atomic E-state index is 0.192. The third-order valence-corrected chi connectivity index (χ3v) is 3.06. The lowest BCUT2D eigenvalue weighted by atomic mass is 10.2. The molecule has 21 heavy (non-hydrogen) atoms. The van der Waals surface area contributed by atoms with E-state index < -0.39 is 0 Å². The van der Waals surface area contributed by atoms with Crippen molar-refractivity contribution in [2.75, 3.05) is 13.2 Å². The molecule has 0 unspecified atom stereocenters. The molecule has 0 N–H and O–H groups in total. The summed E-state index contributed by atoms with van der Waals surface area (Å²) in [6, 6.07) is 14.0. The molecule has 1 aromatic heterocycles. The first-order chi connectivity index (χ1) is 10.3. The van der Waals surface area contributed by atoms with Crippen LogP contribution in [0.3, 0.4) is 0 Å². The molecule has 0 radical (unpaired) electrons. The van der Waals surface area contributed by atoms with Crippen molar-refractivity contribution in [2.45, 2.75) is 20.0 Å². The average Bonchev–Trinajstić information content (AvgIpc) is 2.49. The number of benzene rings is 1. The van der Waals surface area contributed by atoms with E-state index in [0.29, 0.717) is 19.7 Å². The summed E-state index contributed by atoms with van der Waals surface area (Å²) in [7, 11) is 0. The first-order valence-corrected chi connectivity index (χ1v) is 7.08. The number of pyridine rings is 1.